The van der Waals surface area contributed by atoms with Crippen molar-refractivity contribution < 1.29 is 5.11 Å². The second kappa shape index (κ2) is 5.44. The van der Waals surface area contributed by atoms with E-state index in [2.05, 4.69) is 10.4 Å². The van der Waals surface area contributed by atoms with E-state index in [1.165, 1.54) is 5.56 Å². The lowest BCUT2D eigenvalue weighted by Gasteiger charge is -2.09. The summed E-state index contributed by atoms with van der Waals surface area (Å²) in [7, 11) is 1.91. The minimum Gasteiger partial charge on any atom is -0.386 e. The first-order chi connectivity index (χ1) is 8.16. The van der Waals surface area contributed by atoms with Crippen molar-refractivity contribution in [2.75, 3.05) is 6.54 Å². The zero-order valence-corrected chi connectivity index (χ0v) is 10.9. The molecule has 1 unspecified atom stereocenters. The summed E-state index contributed by atoms with van der Waals surface area (Å²) in [4.78, 5) is 1.00. The summed E-state index contributed by atoms with van der Waals surface area (Å²) in [6.07, 6.45) is 1.58. The maximum atomic E-state index is 9.89. The van der Waals surface area contributed by atoms with Crippen LogP contribution in [-0.2, 0) is 13.6 Å². The number of hydrogen-bond acceptors (Lipinski definition) is 4. The summed E-state index contributed by atoms with van der Waals surface area (Å²) in [5, 5.41) is 19.4. The Labute approximate surface area is 105 Å². The first-order valence-corrected chi connectivity index (χ1v) is 6.46. The summed E-state index contributed by atoms with van der Waals surface area (Å²) in [5.41, 5.74) is 2.21. The minimum atomic E-state index is -0.424. The number of aliphatic hydroxyl groups is 1. The van der Waals surface area contributed by atoms with E-state index in [0.717, 1.165) is 17.1 Å². The third-order valence-corrected chi connectivity index (χ3v) is 3.61. The van der Waals surface area contributed by atoms with Crippen molar-refractivity contribution in [3.63, 3.8) is 0 Å². The highest BCUT2D eigenvalue weighted by Crippen LogP contribution is 2.17. The van der Waals surface area contributed by atoms with E-state index >= 15 is 0 Å². The summed E-state index contributed by atoms with van der Waals surface area (Å²) in [6.45, 7) is 3.30. The number of nitrogens with one attached hydrogen (secondary N) is 1. The molecule has 0 saturated heterocycles. The molecule has 2 rings (SSSR count). The number of rotatable bonds is 5. The molecular formula is C12H17N3OS. The number of thiophene rings is 1. The van der Waals surface area contributed by atoms with Crippen molar-refractivity contribution in [1.82, 2.24) is 15.1 Å². The predicted octanol–water partition coefficient (Wildman–Crippen LogP) is 1.61. The molecule has 0 aliphatic heterocycles. The first-order valence-electron chi connectivity index (χ1n) is 5.58. The van der Waals surface area contributed by atoms with Crippen LogP contribution in [0.2, 0.25) is 0 Å². The highest BCUT2D eigenvalue weighted by atomic mass is 32.1. The van der Waals surface area contributed by atoms with Gasteiger partial charge in [-0.25, -0.2) is 0 Å². The van der Waals surface area contributed by atoms with E-state index in [4.69, 9.17) is 0 Å². The zero-order valence-electron chi connectivity index (χ0n) is 10.1. The summed E-state index contributed by atoms with van der Waals surface area (Å²) in [5.74, 6) is 0. The largest absolute Gasteiger partial charge is 0.386 e. The van der Waals surface area contributed by atoms with Crippen molar-refractivity contribution in [3.05, 3.63) is 39.8 Å². The summed E-state index contributed by atoms with van der Waals surface area (Å²) >= 11 is 1.58. The molecule has 0 spiro atoms. The summed E-state index contributed by atoms with van der Waals surface area (Å²) in [6, 6.07) is 3.90. The molecule has 5 heteroatoms. The van der Waals surface area contributed by atoms with Crippen LogP contribution in [0.5, 0.6) is 0 Å². The Morgan fingerprint density at radius 1 is 1.59 bits per heavy atom. The fourth-order valence-corrected chi connectivity index (χ4v) is 2.46. The van der Waals surface area contributed by atoms with E-state index in [1.54, 1.807) is 11.3 Å². The number of aliphatic hydroxyl groups excluding tert-OH is 1. The van der Waals surface area contributed by atoms with E-state index in [9.17, 15) is 5.11 Å². The Kier molecular flexibility index (Phi) is 3.93. The van der Waals surface area contributed by atoms with Crippen molar-refractivity contribution in [2.24, 2.45) is 7.05 Å². The van der Waals surface area contributed by atoms with Gasteiger partial charge in [-0.15, -0.1) is 11.3 Å². The van der Waals surface area contributed by atoms with Gasteiger partial charge < -0.3 is 10.4 Å². The van der Waals surface area contributed by atoms with Gasteiger partial charge in [0.05, 0.1) is 5.69 Å². The zero-order chi connectivity index (χ0) is 12.3. The fourth-order valence-electron chi connectivity index (χ4n) is 1.75. The molecule has 0 radical (unpaired) electrons. The highest BCUT2D eigenvalue weighted by Gasteiger charge is 2.08. The number of nitrogens with zero attached hydrogens (tertiary/aromatic N) is 2. The average molecular weight is 251 g/mol. The molecule has 0 fully saturated rings. The standard InChI is InChI=1S/C12H17N3OS/c1-9-10(8-15(2)14-9)6-13-7-11(16)12-4-3-5-17-12/h3-5,8,11,13,16H,6-7H2,1-2H3. The molecule has 92 valence electrons. The van der Waals surface area contributed by atoms with Gasteiger partial charge in [-0.2, -0.15) is 5.10 Å². The monoisotopic (exact) mass is 251 g/mol. The Morgan fingerprint density at radius 2 is 2.41 bits per heavy atom. The van der Waals surface area contributed by atoms with E-state index in [0.29, 0.717) is 6.54 Å². The Hall–Kier alpha value is -1.17. The number of aryl methyl sites for hydroxylation is 2. The van der Waals surface area contributed by atoms with E-state index < -0.39 is 6.10 Å². The van der Waals surface area contributed by atoms with Gasteiger partial charge in [0.25, 0.3) is 0 Å². The SMILES string of the molecule is Cc1nn(C)cc1CNCC(O)c1cccs1. The van der Waals surface area contributed by atoms with Gasteiger partial charge >= 0.3 is 0 Å². The lowest BCUT2D eigenvalue weighted by atomic mass is 10.2. The second-order valence-corrected chi connectivity index (χ2v) is 5.05. The van der Waals surface area contributed by atoms with Gasteiger partial charge in [-0.3, -0.25) is 4.68 Å². The normalized spacial score (nSPS) is 12.9. The molecule has 1 atom stereocenters. The smallest absolute Gasteiger partial charge is 0.101 e. The van der Waals surface area contributed by atoms with Crippen LogP contribution < -0.4 is 5.32 Å². The molecule has 0 amide bonds. The van der Waals surface area contributed by atoms with Crippen LogP contribution >= 0.6 is 11.3 Å². The van der Waals surface area contributed by atoms with Gasteiger partial charge in [-0.1, -0.05) is 6.07 Å². The Morgan fingerprint density at radius 3 is 3.00 bits per heavy atom. The molecule has 2 aromatic heterocycles. The average Bonchev–Trinajstić information content (AvgIpc) is 2.89. The molecule has 0 aromatic carbocycles. The molecule has 0 aliphatic rings. The Bertz CT molecular complexity index is 464. The first kappa shape index (κ1) is 12.3. The molecule has 17 heavy (non-hydrogen) atoms. The summed E-state index contributed by atoms with van der Waals surface area (Å²) < 4.78 is 1.81. The van der Waals surface area contributed by atoms with Gasteiger partial charge in [0, 0.05) is 36.8 Å². The topological polar surface area (TPSA) is 50.1 Å². The lowest BCUT2D eigenvalue weighted by molar-refractivity contribution is 0.178. The van der Waals surface area contributed by atoms with Gasteiger partial charge in [0.2, 0.25) is 0 Å². The van der Waals surface area contributed by atoms with Crippen LogP contribution in [0.15, 0.2) is 23.7 Å². The molecule has 2 heterocycles. The molecule has 0 bridgehead atoms. The third kappa shape index (κ3) is 3.15. The van der Waals surface area contributed by atoms with Crippen molar-refractivity contribution in [1.29, 1.82) is 0 Å². The second-order valence-electron chi connectivity index (χ2n) is 4.08. The molecule has 2 N–H and O–H groups in total. The van der Waals surface area contributed by atoms with E-state index in [-0.39, 0.29) is 0 Å². The molecule has 0 aliphatic carbocycles. The van der Waals surface area contributed by atoms with Crippen LogP contribution in [-0.4, -0.2) is 21.4 Å². The molecule has 4 nitrogen and oxygen atoms in total. The van der Waals surface area contributed by atoms with Crippen molar-refractivity contribution >= 4 is 11.3 Å². The number of hydrogen-bond donors (Lipinski definition) is 2. The van der Waals surface area contributed by atoms with E-state index in [1.807, 2.05) is 42.4 Å². The van der Waals surface area contributed by atoms with Crippen molar-refractivity contribution in [2.45, 2.75) is 19.6 Å². The maximum Gasteiger partial charge on any atom is 0.101 e. The minimum absolute atomic E-state index is 0.424. The van der Waals surface area contributed by atoms with Gasteiger partial charge in [0.1, 0.15) is 6.10 Å². The van der Waals surface area contributed by atoms with Crippen LogP contribution in [0.3, 0.4) is 0 Å². The fraction of sp³-hybridized carbons (Fsp3) is 0.417. The van der Waals surface area contributed by atoms with Crippen LogP contribution in [0.1, 0.15) is 22.2 Å². The van der Waals surface area contributed by atoms with Crippen LogP contribution in [0, 0.1) is 6.92 Å². The quantitative estimate of drug-likeness (QED) is 0.849. The third-order valence-electron chi connectivity index (χ3n) is 2.64. The molecule has 0 saturated carbocycles. The number of aromatic nitrogens is 2. The Balaban J connectivity index is 1.82. The van der Waals surface area contributed by atoms with Crippen LogP contribution in [0.25, 0.3) is 0 Å². The molecular weight excluding hydrogens is 234 g/mol. The van der Waals surface area contributed by atoms with Gasteiger partial charge in [0.15, 0.2) is 0 Å². The lowest BCUT2D eigenvalue weighted by Crippen LogP contribution is -2.20. The predicted molar refractivity (Wildman–Crippen MR) is 68.9 cm³/mol. The van der Waals surface area contributed by atoms with Crippen LogP contribution in [0.4, 0.5) is 0 Å². The maximum absolute atomic E-state index is 9.89. The highest BCUT2D eigenvalue weighted by molar-refractivity contribution is 7.10. The van der Waals surface area contributed by atoms with Crippen molar-refractivity contribution in [3.8, 4) is 0 Å². The molecule has 2 aromatic rings. The van der Waals surface area contributed by atoms with Gasteiger partial charge in [-0.05, 0) is 18.4 Å².